The van der Waals surface area contributed by atoms with Crippen LogP contribution in [0, 0.1) is 0 Å². The van der Waals surface area contributed by atoms with Gasteiger partial charge in [0.15, 0.2) is 0 Å². The number of piperazine rings is 1. The lowest BCUT2D eigenvalue weighted by Crippen LogP contribution is -2.49. The van der Waals surface area contributed by atoms with Crippen molar-refractivity contribution in [2.75, 3.05) is 26.2 Å². The van der Waals surface area contributed by atoms with E-state index in [4.69, 9.17) is 11.6 Å². The summed E-state index contributed by atoms with van der Waals surface area (Å²) in [6, 6.07) is 26.5. The van der Waals surface area contributed by atoms with Crippen molar-refractivity contribution in [1.29, 1.82) is 0 Å². The molecule has 5 heteroatoms. The van der Waals surface area contributed by atoms with Crippen LogP contribution >= 0.6 is 27.5 Å². The zero-order chi connectivity index (χ0) is 20.2. The lowest BCUT2D eigenvalue weighted by atomic mass is 9.96. The summed E-state index contributed by atoms with van der Waals surface area (Å²) in [4.78, 5) is 17.2. The van der Waals surface area contributed by atoms with Gasteiger partial charge in [-0.25, -0.2) is 0 Å². The van der Waals surface area contributed by atoms with E-state index in [1.807, 2.05) is 23.1 Å². The molecule has 1 aliphatic rings. The van der Waals surface area contributed by atoms with Crippen LogP contribution in [0.1, 0.15) is 27.5 Å². The fraction of sp³-hybridized carbons (Fsp3) is 0.208. The first-order valence-corrected chi connectivity index (χ1v) is 10.9. The average molecular weight is 470 g/mol. The van der Waals surface area contributed by atoms with Crippen molar-refractivity contribution in [3.8, 4) is 0 Å². The van der Waals surface area contributed by atoms with Gasteiger partial charge in [0, 0.05) is 30.7 Å². The maximum atomic E-state index is 12.9. The molecule has 29 heavy (non-hydrogen) atoms. The van der Waals surface area contributed by atoms with E-state index in [0.717, 1.165) is 17.6 Å². The Labute approximate surface area is 185 Å². The predicted octanol–water partition coefficient (Wildman–Crippen LogP) is 5.65. The number of benzene rings is 3. The molecular formula is C24H22BrClN2O. The van der Waals surface area contributed by atoms with Crippen LogP contribution in [0.5, 0.6) is 0 Å². The quantitative estimate of drug-likeness (QED) is 0.493. The second-order valence-electron chi connectivity index (χ2n) is 7.17. The summed E-state index contributed by atoms with van der Waals surface area (Å²) in [5.41, 5.74) is 3.10. The average Bonchev–Trinajstić information content (AvgIpc) is 2.76. The molecule has 148 valence electrons. The van der Waals surface area contributed by atoms with Crippen molar-refractivity contribution in [2.24, 2.45) is 0 Å². The molecule has 0 bridgehead atoms. The van der Waals surface area contributed by atoms with E-state index in [2.05, 4.69) is 69.4 Å². The number of halogens is 2. The summed E-state index contributed by atoms with van der Waals surface area (Å²) in [7, 11) is 0. The van der Waals surface area contributed by atoms with Crippen LogP contribution < -0.4 is 0 Å². The summed E-state index contributed by atoms with van der Waals surface area (Å²) >= 11 is 9.76. The van der Waals surface area contributed by atoms with E-state index in [0.29, 0.717) is 23.7 Å². The maximum absolute atomic E-state index is 12.9. The first kappa shape index (κ1) is 20.1. The Morgan fingerprint density at radius 3 is 2.03 bits per heavy atom. The van der Waals surface area contributed by atoms with E-state index in [9.17, 15) is 4.79 Å². The van der Waals surface area contributed by atoms with Crippen LogP contribution in [0.4, 0.5) is 0 Å². The molecule has 0 radical (unpaired) electrons. The molecule has 1 atom stereocenters. The van der Waals surface area contributed by atoms with Crippen LogP contribution in [0.3, 0.4) is 0 Å². The Kier molecular flexibility index (Phi) is 6.34. The maximum Gasteiger partial charge on any atom is 0.255 e. The number of hydrogen-bond acceptors (Lipinski definition) is 2. The molecule has 0 unspecified atom stereocenters. The van der Waals surface area contributed by atoms with Gasteiger partial charge in [0.05, 0.1) is 16.6 Å². The third kappa shape index (κ3) is 4.55. The van der Waals surface area contributed by atoms with E-state index in [1.54, 1.807) is 12.1 Å². The Hall–Kier alpha value is -2.14. The topological polar surface area (TPSA) is 23.6 Å². The van der Waals surface area contributed by atoms with Crippen molar-refractivity contribution in [1.82, 2.24) is 9.80 Å². The molecule has 3 nitrogen and oxygen atoms in total. The van der Waals surface area contributed by atoms with Gasteiger partial charge in [-0.1, -0.05) is 82.1 Å². The molecule has 0 aliphatic carbocycles. The van der Waals surface area contributed by atoms with Crippen molar-refractivity contribution in [2.45, 2.75) is 6.04 Å². The zero-order valence-electron chi connectivity index (χ0n) is 16.0. The number of hydrogen-bond donors (Lipinski definition) is 0. The Balaban J connectivity index is 1.53. The number of rotatable bonds is 4. The van der Waals surface area contributed by atoms with Crippen molar-refractivity contribution >= 4 is 33.4 Å². The lowest BCUT2D eigenvalue weighted by molar-refractivity contribution is 0.0597. The van der Waals surface area contributed by atoms with E-state index in [-0.39, 0.29) is 11.9 Å². The van der Waals surface area contributed by atoms with Gasteiger partial charge in [0.1, 0.15) is 0 Å². The van der Waals surface area contributed by atoms with Crippen molar-refractivity contribution in [3.05, 3.63) is 105 Å². The summed E-state index contributed by atoms with van der Waals surface area (Å²) in [6.07, 6.45) is 0. The Bertz CT molecular complexity index is 970. The summed E-state index contributed by atoms with van der Waals surface area (Å²) in [5, 5.41) is 0.511. The number of amides is 1. The first-order valence-electron chi connectivity index (χ1n) is 9.72. The Morgan fingerprint density at radius 1 is 0.793 bits per heavy atom. The molecule has 3 aromatic rings. The zero-order valence-corrected chi connectivity index (χ0v) is 18.3. The smallest absolute Gasteiger partial charge is 0.255 e. The summed E-state index contributed by atoms with van der Waals surface area (Å²) < 4.78 is 1.07. The highest BCUT2D eigenvalue weighted by atomic mass is 79.9. The summed E-state index contributed by atoms with van der Waals surface area (Å²) in [5.74, 6) is 0.00940. The molecule has 3 aromatic carbocycles. The van der Waals surface area contributed by atoms with Gasteiger partial charge in [0.25, 0.3) is 5.91 Å². The minimum Gasteiger partial charge on any atom is -0.336 e. The van der Waals surface area contributed by atoms with Crippen LogP contribution in [0.15, 0.2) is 83.3 Å². The normalized spacial score (nSPS) is 15.9. The van der Waals surface area contributed by atoms with Gasteiger partial charge in [-0.2, -0.15) is 0 Å². The number of carbonyl (C=O) groups is 1. The second-order valence-corrected chi connectivity index (χ2v) is 8.50. The van der Waals surface area contributed by atoms with Crippen LogP contribution in [-0.2, 0) is 0 Å². The fourth-order valence-corrected chi connectivity index (χ4v) is 4.36. The van der Waals surface area contributed by atoms with Crippen molar-refractivity contribution in [3.63, 3.8) is 0 Å². The molecule has 1 fully saturated rings. The molecule has 0 saturated carbocycles. The predicted molar refractivity (Wildman–Crippen MR) is 121 cm³/mol. The molecular weight excluding hydrogens is 448 g/mol. The van der Waals surface area contributed by atoms with Gasteiger partial charge in [0.2, 0.25) is 0 Å². The van der Waals surface area contributed by atoms with Crippen LogP contribution in [0.25, 0.3) is 0 Å². The minimum absolute atomic E-state index is 0.00940. The lowest BCUT2D eigenvalue weighted by Gasteiger charge is -2.40. The van der Waals surface area contributed by atoms with Crippen LogP contribution in [-0.4, -0.2) is 41.9 Å². The number of nitrogens with zero attached hydrogens (tertiary/aromatic N) is 2. The Morgan fingerprint density at radius 2 is 1.38 bits per heavy atom. The standard InChI is InChI=1S/C24H22BrClN2O/c25-20-12-10-19(11-13-20)23(18-6-2-1-3-7-18)27-14-16-28(17-15-27)24(29)21-8-4-5-9-22(21)26/h1-13,23H,14-17H2/t23-/m1/s1. The highest BCUT2D eigenvalue weighted by Gasteiger charge is 2.29. The summed E-state index contributed by atoms with van der Waals surface area (Å²) in [6.45, 7) is 2.99. The third-order valence-corrected chi connectivity index (χ3v) is 6.23. The first-order chi connectivity index (χ1) is 14.1. The molecule has 0 spiro atoms. The SMILES string of the molecule is O=C(c1ccccc1Cl)N1CCN([C@H](c2ccccc2)c2ccc(Br)cc2)CC1. The largest absolute Gasteiger partial charge is 0.336 e. The molecule has 0 aromatic heterocycles. The van der Waals surface area contributed by atoms with Gasteiger partial charge in [-0.15, -0.1) is 0 Å². The highest BCUT2D eigenvalue weighted by molar-refractivity contribution is 9.10. The number of carbonyl (C=O) groups excluding carboxylic acids is 1. The van der Waals surface area contributed by atoms with E-state index in [1.165, 1.54) is 11.1 Å². The minimum atomic E-state index is 0.00940. The second kappa shape index (κ2) is 9.12. The van der Waals surface area contributed by atoms with Gasteiger partial charge < -0.3 is 4.90 Å². The molecule has 1 amide bonds. The molecule has 0 N–H and O–H groups in total. The fourth-order valence-electron chi connectivity index (χ4n) is 3.88. The van der Waals surface area contributed by atoms with E-state index < -0.39 is 0 Å². The molecule has 1 saturated heterocycles. The third-order valence-electron chi connectivity index (χ3n) is 5.37. The highest BCUT2D eigenvalue weighted by Crippen LogP contribution is 2.31. The monoisotopic (exact) mass is 468 g/mol. The van der Waals surface area contributed by atoms with E-state index >= 15 is 0 Å². The molecule has 1 heterocycles. The van der Waals surface area contributed by atoms with Gasteiger partial charge in [-0.3, -0.25) is 9.69 Å². The van der Waals surface area contributed by atoms with Gasteiger partial charge >= 0.3 is 0 Å². The van der Waals surface area contributed by atoms with Crippen LogP contribution in [0.2, 0.25) is 5.02 Å². The van der Waals surface area contributed by atoms with Gasteiger partial charge in [-0.05, 0) is 35.4 Å². The molecule has 1 aliphatic heterocycles. The molecule has 4 rings (SSSR count). The van der Waals surface area contributed by atoms with Crippen molar-refractivity contribution < 1.29 is 4.79 Å².